The van der Waals surface area contributed by atoms with E-state index in [1.165, 1.54) is 18.5 Å². The van der Waals surface area contributed by atoms with Crippen LogP contribution in [0.3, 0.4) is 0 Å². The summed E-state index contributed by atoms with van der Waals surface area (Å²) in [6.45, 7) is 0.209. The third kappa shape index (κ3) is 5.88. The zero-order valence-corrected chi connectivity index (χ0v) is 21.5. The van der Waals surface area contributed by atoms with E-state index >= 15 is 0 Å². The monoisotopic (exact) mass is 534 g/mol. The van der Waals surface area contributed by atoms with E-state index in [2.05, 4.69) is 15.3 Å². The molecule has 2 heterocycles. The molecule has 9 heteroatoms. The topological polar surface area (TPSA) is 86.2 Å². The maximum atomic E-state index is 13.4. The van der Waals surface area contributed by atoms with Gasteiger partial charge in [-0.1, -0.05) is 23.7 Å². The average molecular weight is 535 g/mol. The van der Waals surface area contributed by atoms with Gasteiger partial charge in [0.1, 0.15) is 41.8 Å². The second-order valence-electron chi connectivity index (χ2n) is 8.41. The van der Waals surface area contributed by atoms with Gasteiger partial charge in [-0.25, -0.2) is 14.4 Å². The van der Waals surface area contributed by atoms with Crippen LogP contribution in [0.4, 0.5) is 15.9 Å². The van der Waals surface area contributed by atoms with E-state index in [0.717, 1.165) is 45.0 Å². The summed E-state index contributed by atoms with van der Waals surface area (Å²) in [4.78, 5) is 8.84. The predicted molar refractivity (Wildman–Crippen MR) is 148 cm³/mol. The Bertz CT molecular complexity index is 1540. The van der Waals surface area contributed by atoms with Crippen molar-refractivity contribution >= 4 is 45.8 Å². The van der Waals surface area contributed by atoms with Crippen LogP contribution in [0.1, 0.15) is 17.4 Å². The zero-order chi connectivity index (χ0) is 25.8. The molecule has 3 N–H and O–H groups in total. The number of fused-ring (bicyclic) bond motifs is 1. The molecule has 2 aromatic heterocycles. The molecule has 0 spiro atoms. The minimum Gasteiger partial charge on any atom is -0.487 e. The van der Waals surface area contributed by atoms with E-state index in [4.69, 9.17) is 26.5 Å². The number of rotatable bonds is 9. The maximum absolute atomic E-state index is 13.4. The Hall–Kier alpha value is -3.59. The summed E-state index contributed by atoms with van der Waals surface area (Å²) in [5, 5.41) is 4.57. The molecule has 0 saturated carbocycles. The molecule has 0 amide bonds. The Labute approximate surface area is 223 Å². The molecule has 6 nitrogen and oxygen atoms in total. The van der Waals surface area contributed by atoms with Crippen LogP contribution < -0.4 is 15.8 Å². The van der Waals surface area contributed by atoms with Crippen LogP contribution in [-0.2, 0) is 6.61 Å². The number of ether oxygens (including phenoxy) is 1. The minimum atomic E-state index is -0.307. The molecule has 37 heavy (non-hydrogen) atoms. The highest BCUT2D eigenvalue weighted by Gasteiger charge is 2.14. The van der Waals surface area contributed by atoms with Crippen molar-refractivity contribution in [2.24, 2.45) is 5.73 Å². The van der Waals surface area contributed by atoms with E-state index in [1.807, 2.05) is 42.7 Å². The summed E-state index contributed by atoms with van der Waals surface area (Å²) in [7, 11) is 0. The van der Waals surface area contributed by atoms with Crippen LogP contribution in [0.2, 0.25) is 5.02 Å². The van der Waals surface area contributed by atoms with Crippen molar-refractivity contribution in [2.45, 2.75) is 12.6 Å². The number of nitrogens with zero attached hydrogens (tertiary/aromatic N) is 2. The average Bonchev–Trinajstić information content (AvgIpc) is 3.39. The lowest BCUT2D eigenvalue weighted by molar-refractivity contribution is 0.306. The summed E-state index contributed by atoms with van der Waals surface area (Å²) in [6.07, 6.45) is 3.52. The number of aromatic nitrogens is 2. The molecule has 0 aliphatic carbocycles. The van der Waals surface area contributed by atoms with Crippen LogP contribution in [0.15, 0.2) is 83.5 Å². The Morgan fingerprint density at radius 3 is 2.78 bits per heavy atom. The highest BCUT2D eigenvalue weighted by molar-refractivity contribution is 7.98. The number of benzene rings is 3. The van der Waals surface area contributed by atoms with Gasteiger partial charge in [0.15, 0.2) is 0 Å². The fourth-order valence-electron chi connectivity index (χ4n) is 3.90. The Morgan fingerprint density at radius 2 is 1.97 bits per heavy atom. The number of furan rings is 1. The molecule has 188 valence electrons. The Balaban J connectivity index is 1.36. The van der Waals surface area contributed by atoms with Gasteiger partial charge in [-0.05, 0) is 72.5 Å². The van der Waals surface area contributed by atoms with E-state index in [0.29, 0.717) is 16.6 Å². The number of hydrogen-bond donors (Lipinski definition) is 2. The van der Waals surface area contributed by atoms with E-state index < -0.39 is 0 Å². The van der Waals surface area contributed by atoms with E-state index in [9.17, 15) is 4.39 Å². The molecule has 1 unspecified atom stereocenters. The second kappa shape index (κ2) is 11.2. The number of nitrogens with two attached hydrogens (primary N) is 1. The lowest BCUT2D eigenvalue weighted by Gasteiger charge is -2.12. The molecule has 5 rings (SSSR count). The van der Waals surface area contributed by atoms with Crippen LogP contribution >= 0.6 is 23.4 Å². The van der Waals surface area contributed by atoms with Gasteiger partial charge in [0, 0.05) is 22.4 Å². The number of halogens is 2. The molecule has 0 saturated heterocycles. The third-order valence-electron chi connectivity index (χ3n) is 5.74. The number of thioether (sulfide) groups is 1. The predicted octanol–water partition coefficient (Wildman–Crippen LogP) is 7.37. The molecule has 0 aliphatic heterocycles. The molecular formula is C28H24ClFN4O2S. The van der Waals surface area contributed by atoms with Crippen molar-refractivity contribution in [2.75, 3.05) is 17.3 Å². The quantitative estimate of drug-likeness (QED) is 0.204. The Kier molecular flexibility index (Phi) is 7.60. The lowest BCUT2D eigenvalue weighted by atomic mass is 10.1. The van der Waals surface area contributed by atoms with Crippen LogP contribution in [0, 0.1) is 5.82 Å². The molecule has 1 atom stereocenters. The van der Waals surface area contributed by atoms with Gasteiger partial charge in [-0.2, -0.15) is 11.8 Å². The molecule has 0 bridgehead atoms. The van der Waals surface area contributed by atoms with Crippen molar-refractivity contribution in [1.29, 1.82) is 0 Å². The normalized spacial score (nSPS) is 12.0. The summed E-state index contributed by atoms with van der Waals surface area (Å²) < 4.78 is 25.2. The van der Waals surface area contributed by atoms with Gasteiger partial charge in [-0.15, -0.1) is 0 Å². The van der Waals surface area contributed by atoms with Gasteiger partial charge in [-0.3, -0.25) is 0 Å². The first kappa shape index (κ1) is 25.1. The van der Waals surface area contributed by atoms with Gasteiger partial charge in [0.25, 0.3) is 0 Å². The van der Waals surface area contributed by atoms with Crippen molar-refractivity contribution in [3.8, 4) is 17.1 Å². The standard InChI is InChI=1S/C28H24ClFN4O2S/c1-37-15-23(31)27-10-9-25(36-27)18-5-7-24-21(12-18)28(33-16-32-24)34-20-6-8-26(22(29)13-20)35-14-17-3-2-4-19(30)11-17/h2-13,16,23H,14-15,31H2,1H3,(H,32,33,34). The fourth-order valence-corrected chi connectivity index (χ4v) is 4.66. The Morgan fingerprint density at radius 1 is 1.08 bits per heavy atom. The number of nitrogens with one attached hydrogen (secondary N) is 1. The summed E-state index contributed by atoms with van der Waals surface area (Å²) in [5.41, 5.74) is 9.33. The van der Waals surface area contributed by atoms with Gasteiger partial charge in [0.05, 0.1) is 16.6 Å². The number of hydrogen-bond acceptors (Lipinski definition) is 7. The second-order valence-corrected chi connectivity index (χ2v) is 9.72. The van der Waals surface area contributed by atoms with Crippen molar-refractivity contribution in [3.05, 3.63) is 101 Å². The van der Waals surface area contributed by atoms with Crippen molar-refractivity contribution in [1.82, 2.24) is 9.97 Å². The molecule has 0 aliphatic rings. The van der Waals surface area contributed by atoms with E-state index in [1.54, 1.807) is 36.0 Å². The molecular weight excluding hydrogens is 511 g/mol. The first-order chi connectivity index (χ1) is 18.0. The highest BCUT2D eigenvalue weighted by Crippen LogP contribution is 2.33. The van der Waals surface area contributed by atoms with E-state index in [-0.39, 0.29) is 18.5 Å². The summed E-state index contributed by atoms with van der Waals surface area (Å²) in [5.74, 6) is 3.08. The largest absolute Gasteiger partial charge is 0.487 e. The smallest absolute Gasteiger partial charge is 0.141 e. The molecule has 5 aromatic rings. The van der Waals surface area contributed by atoms with Gasteiger partial charge < -0.3 is 20.2 Å². The van der Waals surface area contributed by atoms with Crippen molar-refractivity contribution in [3.63, 3.8) is 0 Å². The molecule has 0 fully saturated rings. The lowest BCUT2D eigenvalue weighted by Crippen LogP contribution is -2.11. The third-order valence-corrected chi connectivity index (χ3v) is 6.72. The van der Waals surface area contributed by atoms with Gasteiger partial charge in [0.2, 0.25) is 0 Å². The number of anilines is 2. The summed E-state index contributed by atoms with van der Waals surface area (Å²) in [6, 6.07) is 21.2. The first-order valence-corrected chi connectivity index (χ1v) is 13.3. The molecule has 3 aromatic carbocycles. The maximum Gasteiger partial charge on any atom is 0.141 e. The minimum absolute atomic E-state index is 0.157. The van der Waals surface area contributed by atoms with Gasteiger partial charge >= 0.3 is 0 Å². The SMILES string of the molecule is CSCC(N)c1ccc(-c2ccc3ncnc(Nc4ccc(OCc5cccc(F)c5)c(Cl)c4)c3c2)o1. The van der Waals surface area contributed by atoms with Crippen LogP contribution in [0.25, 0.3) is 22.2 Å². The first-order valence-electron chi connectivity index (χ1n) is 11.5. The zero-order valence-electron chi connectivity index (χ0n) is 19.9. The molecule has 0 radical (unpaired) electrons. The van der Waals surface area contributed by atoms with Crippen LogP contribution in [-0.4, -0.2) is 22.0 Å². The van der Waals surface area contributed by atoms with Crippen LogP contribution in [0.5, 0.6) is 5.75 Å². The highest BCUT2D eigenvalue weighted by atomic mass is 35.5. The fraction of sp³-hybridized carbons (Fsp3) is 0.143. The summed E-state index contributed by atoms with van der Waals surface area (Å²) >= 11 is 8.15. The van der Waals surface area contributed by atoms with Crippen molar-refractivity contribution < 1.29 is 13.5 Å².